The van der Waals surface area contributed by atoms with Crippen molar-refractivity contribution < 1.29 is 9.59 Å². The third kappa shape index (κ3) is 3.54. The van der Waals surface area contributed by atoms with Crippen LogP contribution in [-0.4, -0.2) is 36.3 Å². The zero-order valence-electron chi connectivity index (χ0n) is 12.7. The van der Waals surface area contributed by atoms with E-state index in [4.69, 9.17) is 5.73 Å². The highest BCUT2D eigenvalue weighted by atomic mass is 16.2. The summed E-state index contributed by atoms with van der Waals surface area (Å²) in [7, 11) is 0. The Balaban J connectivity index is 2.00. The molecule has 1 aliphatic heterocycles. The highest BCUT2D eigenvalue weighted by Crippen LogP contribution is 2.21. The Hall–Kier alpha value is -2.04. The summed E-state index contributed by atoms with van der Waals surface area (Å²) in [6.07, 6.45) is 1.44. The van der Waals surface area contributed by atoms with Crippen molar-refractivity contribution in [2.45, 2.75) is 26.7 Å². The number of nitrogens with two attached hydrogens (primary N) is 1. The van der Waals surface area contributed by atoms with Gasteiger partial charge in [-0.15, -0.1) is 0 Å². The molecule has 0 bridgehead atoms. The van der Waals surface area contributed by atoms with Gasteiger partial charge < -0.3 is 16.0 Å². The van der Waals surface area contributed by atoms with Gasteiger partial charge in [0, 0.05) is 36.8 Å². The monoisotopic (exact) mass is 289 g/mol. The van der Waals surface area contributed by atoms with Crippen LogP contribution in [0.25, 0.3) is 0 Å². The molecule has 0 saturated carbocycles. The van der Waals surface area contributed by atoms with Crippen molar-refractivity contribution in [2.24, 2.45) is 5.92 Å². The zero-order valence-corrected chi connectivity index (χ0v) is 12.7. The van der Waals surface area contributed by atoms with E-state index in [1.54, 1.807) is 12.1 Å². The van der Waals surface area contributed by atoms with E-state index in [2.05, 4.69) is 5.32 Å². The zero-order chi connectivity index (χ0) is 15.4. The smallest absolute Gasteiger partial charge is 0.254 e. The summed E-state index contributed by atoms with van der Waals surface area (Å²) in [4.78, 5) is 26.2. The van der Waals surface area contributed by atoms with Crippen LogP contribution in [0.1, 0.15) is 35.7 Å². The highest BCUT2D eigenvalue weighted by molar-refractivity contribution is 5.96. The minimum Gasteiger partial charge on any atom is -0.399 e. The quantitative estimate of drug-likeness (QED) is 0.829. The summed E-state index contributed by atoms with van der Waals surface area (Å²) in [5.41, 5.74) is 7.95. The number of piperidine rings is 1. The Kier molecular flexibility index (Phi) is 4.83. The van der Waals surface area contributed by atoms with Crippen LogP contribution in [0.3, 0.4) is 0 Å². The topological polar surface area (TPSA) is 75.4 Å². The Morgan fingerprint density at radius 3 is 2.62 bits per heavy atom. The summed E-state index contributed by atoms with van der Waals surface area (Å²) < 4.78 is 0. The maximum absolute atomic E-state index is 12.5. The molecule has 114 valence electrons. The first kappa shape index (κ1) is 15.4. The molecule has 0 unspecified atom stereocenters. The first-order valence-electron chi connectivity index (χ1n) is 7.46. The van der Waals surface area contributed by atoms with Crippen molar-refractivity contribution in [3.63, 3.8) is 0 Å². The predicted octanol–water partition coefficient (Wildman–Crippen LogP) is 1.57. The molecule has 3 N–H and O–H groups in total. The van der Waals surface area contributed by atoms with Crippen molar-refractivity contribution in [3.8, 4) is 0 Å². The van der Waals surface area contributed by atoms with Crippen LogP contribution in [0.5, 0.6) is 0 Å². The second-order valence-electron chi connectivity index (χ2n) is 5.54. The molecule has 0 atom stereocenters. The number of rotatable bonds is 3. The number of carbonyl (C=O) groups excluding carboxylic acids is 2. The molecule has 2 rings (SSSR count). The fraction of sp³-hybridized carbons (Fsp3) is 0.500. The minimum absolute atomic E-state index is 0.00847. The molecular weight excluding hydrogens is 266 g/mol. The number of benzene rings is 1. The van der Waals surface area contributed by atoms with E-state index in [0.717, 1.165) is 18.4 Å². The van der Waals surface area contributed by atoms with Crippen molar-refractivity contribution >= 4 is 17.5 Å². The molecule has 5 heteroatoms. The number of nitrogens with zero attached hydrogens (tertiary/aromatic N) is 1. The maximum Gasteiger partial charge on any atom is 0.254 e. The third-order valence-electron chi connectivity index (χ3n) is 4.00. The number of hydrogen-bond donors (Lipinski definition) is 2. The second kappa shape index (κ2) is 6.61. The maximum atomic E-state index is 12.5. The summed E-state index contributed by atoms with van der Waals surface area (Å²) in [5.74, 6) is 0.134. The van der Waals surface area contributed by atoms with Crippen molar-refractivity contribution in [1.29, 1.82) is 0 Å². The van der Waals surface area contributed by atoms with Gasteiger partial charge in [-0.2, -0.15) is 0 Å². The van der Waals surface area contributed by atoms with Crippen LogP contribution >= 0.6 is 0 Å². The van der Waals surface area contributed by atoms with E-state index in [9.17, 15) is 9.59 Å². The lowest BCUT2D eigenvalue weighted by atomic mass is 9.95. The Morgan fingerprint density at radius 1 is 1.33 bits per heavy atom. The predicted molar refractivity (Wildman–Crippen MR) is 82.9 cm³/mol. The molecule has 0 aromatic heterocycles. The SMILES string of the molecule is CCNC(=O)C1CCN(C(=O)c2cc(N)ccc2C)CC1. The Morgan fingerprint density at radius 2 is 2.00 bits per heavy atom. The van der Waals surface area contributed by atoms with Crippen LogP contribution in [0.15, 0.2) is 18.2 Å². The van der Waals surface area contributed by atoms with Gasteiger partial charge in [0.1, 0.15) is 0 Å². The van der Waals surface area contributed by atoms with Gasteiger partial charge in [-0.3, -0.25) is 9.59 Å². The molecule has 0 spiro atoms. The van der Waals surface area contributed by atoms with Gasteiger partial charge in [-0.1, -0.05) is 6.07 Å². The molecule has 21 heavy (non-hydrogen) atoms. The van der Waals surface area contributed by atoms with E-state index < -0.39 is 0 Å². The molecule has 1 aromatic rings. The van der Waals surface area contributed by atoms with Gasteiger partial charge in [0.05, 0.1) is 0 Å². The second-order valence-corrected chi connectivity index (χ2v) is 5.54. The summed E-state index contributed by atoms with van der Waals surface area (Å²) in [6, 6.07) is 5.39. The van der Waals surface area contributed by atoms with E-state index in [1.165, 1.54) is 0 Å². The normalized spacial score (nSPS) is 15.8. The lowest BCUT2D eigenvalue weighted by molar-refractivity contribution is -0.126. The molecule has 1 saturated heterocycles. The van der Waals surface area contributed by atoms with Crippen LogP contribution in [0, 0.1) is 12.8 Å². The highest BCUT2D eigenvalue weighted by Gasteiger charge is 2.28. The van der Waals surface area contributed by atoms with Crippen LogP contribution in [0.4, 0.5) is 5.69 Å². The van der Waals surface area contributed by atoms with E-state index in [1.807, 2.05) is 24.8 Å². The minimum atomic E-state index is 0.00847. The average Bonchev–Trinajstić information content (AvgIpc) is 2.49. The molecule has 0 aliphatic carbocycles. The fourth-order valence-corrected chi connectivity index (χ4v) is 2.70. The van der Waals surface area contributed by atoms with Gasteiger partial charge in [-0.25, -0.2) is 0 Å². The van der Waals surface area contributed by atoms with E-state index in [0.29, 0.717) is 30.9 Å². The van der Waals surface area contributed by atoms with Crippen molar-refractivity contribution in [2.75, 3.05) is 25.4 Å². The van der Waals surface area contributed by atoms with Crippen LogP contribution < -0.4 is 11.1 Å². The molecule has 0 radical (unpaired) electrons. The fourth-order valence-electron chi connectivity index (χ4n) is 2.70. The summed E-state index contributed by atoms with van der Waals surface area (Å²) in [5, 5.41) is 2.85. The summed E-state index contributed by atoms with van der Waals surface area (Å²) in [6.45, 7) is 5.72. The molecule has 1 aromatic carbocycles. The van der Waals surface area contributed by atoms with Crippen LogP contribution in [0.2, 0.25) is 0 Å². The number of likely N-dealkylation sites (tertiary alicyclic amines) is 1. The largest absolute Gasteiger partial charge is 0.399 e. The Bertz CT molecular complexity index is 534. The number of hydrogen-bond acceptors (Lipinski definition) is 3. The van der Waals surface area contributed by atoms with Gasteiger partial charge in [0.2, 0.25) is 5.91 Å². The number of amides is 2. The summed E-state index contributed by atoms with van der Waals surface area (Å²) >= 11 is 0. The number of carbonyl (C=O) groups is 2. The number of nitrogens with one attached hydrogen (secondary N) is 1. The van der Waals surface area contributed by atoms with E-state index in [-0.39, 0.29) is 17.7 Å². The number of anilines is 1. The van der Waals surface area contributed by atoms with Gasteiger partial charge >= 0.3 is 0 Å². The molecule has 2 amide bonds. The third-order valence-corrected chi connectivity index (χ3v) is 4.00. The first-order valence-corrected chi connectivity index (χ1v) is 7.46. The van der Waals surface area contributed by atoms with E-state index >= 15 is 0 Å². The first-order chi connectivity index (χ1) is 10.0. The average molecular weight is 289 g/mol. The molecule has 1 heterocycles. The molecule has 1 fully saturated rings. The standard InChI is InChI=1S/C16H23N3O2/c1-3-18-15(20)12-6-8-19(9-7-12)16(21)14-10-13(17)5-4-11(14)2/h4-5,10,12H,3,6-9,17H2,1-2H3,(H,18,20). The Labute approximate surface area is 125 Å². The van der Waals surface area contributed by atoms with Gasteiger partial charge in [-0.05, 0) is 44.4 Å². The van der Waals surface area contributed by atoms with Gasteiger partial charge in [0.25, 0.3) is 5.91 Å². The molecule has 5 nitrogen and oxygen atoms in total. The lowest BCUT2D eigenvalue weighted by Crippen LogP contribution is -2.43. The van der Waals surface area contributed by atoms with Gasteiger partial charge in [0.15, 0.2) is 0 Å². The van der Waals surface area contributed by atoms with Crippen LogP contribution in [-0.2, 0) is 4.79 Å². The van der Waals surface area contributed by atoms with Crippen molar-refractivity contribution in [1.82, 2.24) is 10.2 Å². The molecular formula is C16H23N3O2. The molecule has 1 aliphatic rings. The van der Waals surface area contributed by atoms with Crippen molar-refractivity contribution in [3.05, 3.63) is 29.3 Å². The number of aryl methyl sites for hydroxylation is 1. The number of nitrogen functional groups attached to an aromatic ring is 1. The lowest BCUT2D eigenvalue weighted by Gasteiger charge is -2.31.